The lowest BCUT2D eigenvalue weighted by molar-refractivity contribution is -0.0395. The molecule has 2 N–H and O–H groups in total. The quantitative estimate of drug-likeness (QED) is 0.436. The number of fused-ring (bicyclic) bond motifs is 1. The second-order valence-corrected chi connectivity index (χ2v) is 10.4. The number of nitrogens with one attached hydrogen (secondary N) is 2. The van der Waals surface area contributed by atoms with Crippen LogP contribution < -0.4 is 16.2 Å². The molecule has 10 nitrogen and oxygen atoms in total. The van der Waals surface area contributed by atoms with Crippen molar-refractivity contribution in [1.82, 2.24) is 19.2 Å². The van der Waals surface area contributed by atoms with Crippen molar-refractivity contribution in [1.29, 1.82) is 0 Å². The third-order valence-electron chi connectivity index (χ3n) is 7.80. The van der Waals surface area contributed by atoms with Crippen LogP contribution >= 0.6 is 0 Å². The largest absolute Gasteiger partial charge is 0.379 e. The van der Waals surface area contributed by atoms with Crippen molar-refractivity contribution < 1.29 is 14.3 Å². The van der Waals surface area contributed by atoms with Crippen LogP contribution in [0.5, 0.6) is 0 Å². The van der Waals surface area contributed by atoms with Crippen molar-refractivity contribution in [3.8, 4) is 0 Å². The van der Waals surface area contributed by atoms with Gasteiger partial charge in [-0.3, -0.25) is 9.59 Å². The summed E-state index contributed by atoms with van der Waals surface area (Å²) in [5, 5.41) is 10.7. The summed E-state index contributed by atoms with van der Waals surface area (Å²) < 4.78 is 14.7. The minimum Gasteiger partial charge on any atom is -0.379 e. The molecule has 10 heteroatoms. The maximum absolute atomic E-state index is 13.4. The molecule has 5 rings (SSSR count). The fourth-order valence-corrected chi connectivity index (χ4v) is 5.69. The third kappa shape index (κ3) is 5.26. The second-order valence-electron chi connectivity index (χ2n) is 10.4. The molecule has 0 bridgehead atoms. The molecule has 37 heavy (non-hydrogen) atoms. The van der Waals surface area contributed by atoms with Gasteiger partial charge in [-0.25, -0.2) is 4.98 Å². The minimum absolute atomic E-state index is 0.0186. The van der Waals surface area contributed by atoms with Crippen LogP contribution in [-0.2, 0) is 9.47 Å². The smallest absolute Gasteiger partial charge is 0.274 e. The Morgan fingerprint density at radius 1 is 1.32 bits per heavy atom. The first kappa shape index (κ1) is 25.4. The predicted octanol–water partition coefficient (Wildman–Crippen LogP) is 4.20. The number of methoxy groups -OCH3 is 1. The highest BCUT2D eigenvalue weighted by molar-refractivity contribution is 6.01. The lowest BCUT2D eigenvalue weighted by atomic mass is 9.76. The van der Waals surface area contributed by atoms with Gasteiger partial charge in [0.2, 0.25) is 0 Å². The number of carbonyl (C=O) groups is 1. The van der Waals surface area contributed by atoms with Crippen LogP contribution in [0.15, 0.2) is 35.4 Å². The average Bonchev–Trinajstić information content (AvgIpc) is 3.34. The summed E-state index contributed by atoms with van der Waals surface area (Å²) in [6.45, 7) is 3.39. The van der Waals surface area contributed by atoms with E-state index in [4.69, 9.17) is 14.5 Å². The number of aromatic nitrogens is 4. The van der Waals surface area contributed by atoms with E-state index in [1.54, 1.807) is 47.8 Å². The fraction of sp³-hybridized carbons (Fsp3) is 0.556. The molecular weight excluding hydrogens is 472 g/mol. The number of hydrogen-bond donors (Lipinski definition) is 2. The first-order valence-corrected chi connectivity index (χ1v) is 13.1. The lowest BCUT2D eigenvalue weighted by Gasteiger charge is -2.36. The van der Waals surface area contributed by atoms with Gasteiger partial charge >= 0.3 is 0 Å². The number of anilines is 3. The number of hydrogen-bond acceptors (Lipinski definition) is 8. The molecule has 1 saturated heterocycles. The van der Waals surface area contributed by atoms with Gasteiger partial charge < -0.3 is 24.7 Å². The number of nitrogens with zero attached hydrogens (tertiary/aromatic N) is 4. The van der Waals surface area contributed by atoms with Crippen LogP contribution in [0.2, 0.25) is 0 Å². The second kappa shape index (κ2) is 10.6. The van der Waals surface area contributed by atoms with E-state index in [0.717, 1.165) is 45.1 Å². The Labute approximate surface area is 216 Å². The van der Waals surface area contributed by atoms with Crippen LogP contribution in [-0.4, -0.2) is 57.9 Å². The van der Waals surface area contributed by atoms with Gasteiger partial charge in [-0.05, 0) is 57.1 Å². The van der Waals surface area contributed by atoms with E-state index in [0.29, 0.717) is 41.6 Å². The van der Waals surface area contributed by atoms with Crippen LogP contribution in [0.4, 0.5) is 17.3 Å². The highest BCUT2D eigenvalue weighted by atomic mass is 16.5. The number of rotatable bonds is 8. The molecule has 4 heterocycles. The van der Waals surface area contributed by atoms with Crippen molar-refractivity contribution >= 4 is 28.8 Å². The Balaban J connectivity index is 1.42. The topological polar surface area (TPSA) is 112 Å². The lowest BCUT2D eigenvalue weighted by Crippen LogP contribution is -2.34. The Hall–Kier alpha value is -3.24. The molecule has 0 amide bonds. The molecule has 3 aromatic rings. The average molecular weight is 509 g/mol. The van der Waals surface area contributed by atoms with Gasteiger partial charge in [0.25, 0.3) is 5.56 Å². The summed E-state index contributed by atoms with van der Waals surface area (Å²) in [7, 11) is 3.53. The molecule has 1 aliphatic carbocycles. The third-order valence-corrected chi connectivity index (χ3v) is 7.80. The van der Waals surface area contributed by atoms with E-state index in [1.807, 2.05) is 6.07 Å². The Bertz CT molecular complexity index is 1330. The predicted molar refractivity (Wildman–Crippen MR) is 142 cm³/mol. The molecule has 2 fully saturated rings. The van der Waals surface area contributed by atoms with Crippen molar-refractivity contribution in [3.05, 3.63) is 46.5 Å². The van der Waals surface area contributed by atoms with Crippen LogP contribution in [0, 0.1) is 5.92 Å². The summed E-state index contributed by atoms with van der Waals surface area (Å²) in [6.07, 6.45) is 9.60. The molecule has 3 aromatic heterocycles. The highest BCUT2D eigenvalue weighted by Gasteiger charge is 2.33. The first-order chi connectivity index (χ1) is 17.9. The Morgan fingerprint density at radius 3 is 2.95 bits per heavy atom. The van der Waals surface area contributed by atoms with Crippen LogP contribution in [0.1, 0.15) is 68.3 Å². The summed E-state index contributed by atoms with van der Waals surface area (Å²) in [6, 6.07) is 5.39. The minimum atomic E-state index is -0.175. The Kier molecular flexibility index (Phi) is 7.30. The zero-order valence-corrected chi connectivity index (χ0v) is 21.8. The van der Waals surface area contributed by atoms with E-state index in [1.165, 1.54) is 0 Å². The molecule has 2 aliphatic rings. The van der Waals surface area contributed by atoms with Crippen molar-refractivity contribution in [2.45, 2.75) is 63.5 Å². The number of Topliss-reactive ketones (excluding diaryl/α,β-unsaturated/α-hetero) is 1. The molecule has 1 aliphatic heterocycles. The van der Waals surface area contributed by atoms with Crippen molar-refractivity contribution in [2.75, 3.05) is 38.0 Å². The van der Waals surface area contributed by atoms with Crippen LogP contribution in [0.25, 0.3) is 5.65 Å². The number of pyridine rings is 1. The number of ketones is 1. The summed E-state index contributed by atoms with van der Waals surface area (Å²) in [5.41, 5.74) is 1.05. The molecule has 3 atom stereocenters. The zero-order chi connectivity index (χ0) is 26.0. The normalized spacial score (nSPS) is 24.2. The van der Waals surface area contributed by atoms with Gasteiger partial charge in [0.05, 0.1) is 30.0 Å². The number of ether oxygens (including phenoxy) is 2. The summed E-state index contributed by atoms with van der Waals surface area (Å²) >= 11 is 0. The monoisotopic (exact) mass is 508 g/mol. The molecule has 0 radical (unpaired) electrons. The van der Waals surface area contributed by atoms with Crippen LogP contribution in [0.3, 0.4) is 0 Å². The zero-order valence-electron chi connectivity index (χ0n) is 21.8. The van der Waals surface area contributed by atoms with Gasteiger partial charge in [0.1, 0.15) is 17.3 Å². The SMILES string of the molecule is CNc1cc(Nc2cccn([C@H]3CCCOC3)c2=O)nc2c(C(=O)C[C@H]3CCC[C@](C)(OC)C3)cnn12. The van der Waals surface area contributed by atoms with Gasteiger partial charge in [0.15, 0.2) is 11.4 Å². The molecular formula is C27H36N6O4. The van der Waals surface area contributed by atoms with Gasteiger partial charge in [-0.15, -0.1) is 0 Å². The van der Waals surface area contributed by atoms with Crippen molar-refractivity contribution in [2.24, 2.45) is 5.92 Å². The van der Waals surface area contributed by atoms with E-state index < -0.39 is 0 Å². The Morgan fingerprint density at radius 2 is 2.19 bits per heavy atom. The molecule has 0 unspecified atom stereocenters. The standard InChI is InChI=1S/C27H36N6O4/c1-27(36-3)10-4-7-18(15-27)13-22(34)20-16-29-33-24(28-2)14-23(31-25(20)33)30-21-9-5-11-32(26(21)35)19-8-6-12-37-17-19/h5,9,11,14,16,18-19,28H,4,6-8,10,12-13,15,17H2,1-3H3,(H,30,31)/t18-,19+,27+/m1/s1. The molecule has 198 valence electrons. The molecule has 1 saturated carbocycles. The van der Waals surface area contributed by atoms with Gasteiger partial charge in [-0.1, -0.05) is 6.42 Å². The maximum atomic E-state index is 13.4. The highest BCUT2D eigenvalue weighted by Crippen LogP contribution is 2.37. The van der Waals surface area contributed by atoms with E-state index in [-0.39, 0.29) is 28.9 Å². The van der Waals surface area contributed by atoms with E-state index in [9.17, 15) is 9.59 Å². The number of carbonyl (C=O) groups excluding carboxylic acids is 1. The molecule has 0 aromatic carbocycles. The summed E-state index contributed by atoms with van der Waals surface area (Å²) in [4.78, 5) is 31.3. The summed E-state index contributed by atoms with van der Waals surface area (Å²) in [5.74, 6) is 1.41. The van der Waals surface area contributed by atoms with Crippen molar-refractivity contribution in [3.63, 3.8) is 0 Å². The van der Waals surface area contributed by atoms with Gasteiger partial charge in [0, 0.05) is 39.4 Å². The molecule has 0 spiro atoms. The fourth-order valence-electron chi connectivity index (χ4n) is 5.69. The maximum Gasteiger partial charge on any atom is 0.274 e. The van der Waals surface area contributed by atoms with Gasteiger partial charge in [-0.2, -0.15) is 9.61 Å². The van der Waals surface area contributed by atoms with E-state index in [2.05, 4.69) is 22.7 Å². The first-order valence-electron chi connectivity index (χ1n) is 13.1. The van der Waals surface area contributed by atoms with E-state index >= 15 is 0 Å².